The zero-order chi connectivity index (χ0) is 15.9. The zero-order valence-corrected chi connectivity index (χ0v) is 14.0. The molecule has 2 heteroatoms. The first kappa shape index (κ1) is 15.0. The minimum absolute atomic E-state index is 0.0454. The summed E-state index contributed by atoms with van der Waals surface area (Å²) in [5, 5.41) is 0. The van der Waals surface area contributed by atoms with Crippen LogP contribution >= 0.6 is 0 Å². The summed E-state index contributed by atoms with van der Waals surface area (Å²) in [5.41, 5.74) is 6.59. The molecule has 1 aliphatic heterocycles. The van der Waals surface area contributed by atoms with Gasteiger partial charge in [0.05, 0.1) is 0 Å². The summed E-state index contributed by atoms with van der Waals surface area (Å²) in [7, 11) is 0. The van der Waals surface area contributed by atoms with Crippen molar-refractivity contribution in [1.29, 1.82) is 0 Å². The van der Waals surface area contributed by atoms with E-state index in [-0.39, 0.29) is 5.41 Å². The highest BCUT2D eigenvalue weighted by atomic mass is 16.7. The van der Waals surface area contributed by atoms with Gasteiger partial charge in [0, 0.05) is 6.42 Å². The van der Waals surface area contributed by atoms with Gasteiger partial charge in [-0.3, -0.25) is 0 Å². The maximum Gasteiger partial charge on any atom is 0.231 e. The molecule has 0 N–H and O–H groups in total. The van der Waals surface area contributed by atoms with Gasteiger partial charge in [-0.2, -0.15) is 0 Å². The molecule has 2 aromatic carbocycles. The first-order chi connectivity index (χ1) is 10.4. The Morgan fingerprint density at radius 1 is 0.909 bits per heavy atom. The van der Waals surface area contributed by atoms with Crippen LogP contribution in [0, 0.1) is 27.2 Å². The Hall–Kier alpha value is -1.96. The van der Waals surface area contributed by atoms with Crippen molar-refractivity contribution in [1.82, 2.24) is 0 Å². The molecular formula is C20H23O2. The van der Waals surface area contributed by atoms with Crippen molar-refractivity contribution in [2.24, 2.45) is 0 Å². The van der Waals surface area contributed by atoms with Gasteiger partial charge in [-0.1, -0.05) is 32.0 Å². The fourth-order valence-electron chi connectivity index (χ4n) is 3.15. The third-order valence-electron chi connectivity index (χ3n) is 4.68. The summed E-state index contributed by atoms with van der Waals surface area (Å²) in [5.74, 6) is 1.67. The fourth-order valence-corrected chi connectivity index (χ4v) is 3.15. The van der Waals surface area contributed by atoms with E-state index in [9.17, 15) is 0 Å². The number of rotatable bonds is 3. The van der Waals surface area contributed by atoms with Crippen LogP contribution in [0.5, 0.6) is 11.5 Å². The quantitative estimate of drug-likeness (QED) is 0.804. The van der Waals surface area contributed by atoms with E-state index in [1.807, 2.05) is 6.07 Å². The standard InChI is InChI=1S/C20H23O2/c1-13-6-8-17(15(3)14(13)2)20(4,5)11-16-7-9-18-19(10-16)22-12-21-18/h6-11H,12H2,1-5H3. The Kier molecular flexibility index (Phi) is 3.64. The van der Waals surface area contributed by atoms with Gasteiger partial charge in [-0.25, -0.2) is 0 Å². The molecule has 2 nitrogen and oxygen atoms in total. The van der Waals surface area contributed by atoms with E-state index in [1.54, 1.807) is 0 Å². The molecule has 0 atom stereocenters. The Labute approximate surface area is 133 Å². The van der Waals surface area contributed by atoms with Crippen LogP contribution in [0.25, 0.3) is 0 Å². The van der Waals surface area contributed by atoms with E-state index in [0.29, 0.717) is 6.79 Å². The molecule has 1 aliphatic rings. The van der Waals surface area contributed by atoms with Crippen LogP contribution in [0.1, 0.15) is 41.7 Å². The van der Waals surface area contributed by atoms with Crippen molar-refractivity contribution in [3.8, 4) is 11.5 Å². The summed E-state index contributed by atoms with van der Waals surface area (Å²) in [6, 6.07) is 10.6. The summed E-state index contributed by atoms with van der Waals surface area (Å²) >= 11 is 0. The molecule has 22 heavy (non-hydrogen) atoms. The highest BCUT2D eigenvalue weighted by molar-refractivity contribution is 5.50. The average Bonchev–Trinajstić information content (AvgIpc) is 2.91. The second-order valence-electron chi connectivity index (χ2n) is 6.66. The average molecular weight is 295 g/mol. The third-order valence-corrected chi connectivity index (χ3v) is 4.68. The van der Waals surface area contributed by atoms with E-state index in [4.69, 9.17) is 9.47 Å². The molecular weight excluding hydrogens is 272 g/mol. The normalized spacial score (nSPS) is 13.5. The van der Waals surface area contributed by atoms with Crippen LogP contribution in [0.15, 0.2) is 30.3 Å². The minimum atomic E-state index is -0.0454. The van der Waals surface area contributed by atoms with Crippen molar-refractivity contribution in [2.45, 2.75) is 40.0 Å². The van der Waals surface area contributed by atoms with Crippen molar-refractivity contribution in [3.05, 3.63) is 64.6 Å². The lowest BCUT2D eigenvalue weighted by Crippen LogP contribution is -2.20. The lowest BCUT2D eigenvalue weighted by molar-refractivity contribution is 0.174. The van der Waals surface area contributed by atoms with Crippen LogP contribution in [0.2, 0.25) is 0 Å². The summed E-state index contributed by atoms with van der Waals surface area (Å²) in [6.45, 7) is 11.4. The van der Waals surface area contributed by atoms with Crippen LogP contribution in [0.3, 0.4) is 0 Å². The van der Waals surface area contributed by atoms with Gasteiger partial charge >= 0.3 is 0 Å². The smallest absolute Gasteiger partial charge is 0.231 e. The Morgan fingerprint density at radius 2 is 1.64 bits per heavy atom. The maximum atomic E-state index is 5.48. The lowest BCUT2D eigenvalue weighted by atomic mass is 9.76. The van der Waals surface area contributed by atoms with Gasteiger partial charge in [0.1, 0.15) is 0 Å². The van der Waals surface area contributed by atoms with Crippen LogP contribution in [0.4, 0.5) is 0 Å². The molecule has 0 aliphatic carbocycles. The van der Waals surface area contributed by atoms with Crippen molar-refractivity contribution < 1.29 is 9.47 Å². The number of fused-ring (bicyclic) bond motifs is 1. The topological polar surface area (TPSA) is 18.5 Å². The maximum absolute atomic E-state index is 5.48. The lowest BCUT2D eigenvalue weighted by Gasteiger charge is -2.28. The monoisotopic (exact) mass is 295 g/mol. The Bertz CT molecular complexity index is 714. The van der Waals surface area contributed by atoms with Crippen LogP contribution in [-0.2, 0) is 5.41 Å². The van der Waals surface area contributed by atoms with Crippen molar-refractivity contribution >= 4 is 0 Å². The van der Waals surface area contributed by atoms with E-state index in [1.165, 1.54) is 22.3 Å². The van der Waals surface area contributed by atoms with Gasteiger partial charge in [-0.05, 0) is 66.1 Å². The van der Waals surface area contributed by atoms with Gasteiger partial charge < -0.3 is 9.47 Å². The molecule has 115 valence electrons. The molecule has 0 aromatic heterocycles. The van der Waals surface area contributed by atoms with E-state index >= 15 is 0 Å². The van der Waals surface area contributed by atoms with Crippen LogP contribution < -0.4 is 9.47 Å². The first-order valence-corrected chi connectivity index (χ1v) is 7.71. The second kappa shape index (κ2) is 5.35. The Morgan fingerprint density at radius 3 is 2.41 bits per heavy atom. The van der Waals surface area contributed by atoms with E-state index < -0.39 is 0 Å². The predicted octanol–water partition coefficient (Wildman–Crippen LogP) is 4.87. The molecule has 0 unspecified atom stereocenters. The molecule has 0 spiro atoms. The molecule has 3 rings (SSSR count). The first-order valence-electron chi connectivity index (χ1n) is 7.71. The van der Waals surface area contributed by atoms with Gasteiger partial charge in [0.25, 0.3) is 0 Å². The summed E-state index contributed by atoms with van der Waals surface area (Å²) in [4.78, 5) is 0. The van der Waals surface area contributed by atoms with Gasteiger partial charge in [0.2, 0.25) is 6.79 Å². The molecule has 0 fully saturated rings. The minimum Gasteiger partial charge on any atom is -0.454 e. The largest absolute Gasteiger partial charge is 0.454 e. The molecule has 1 heterocycles. The van der Waals surface area contributed by atoms with Crippen LogP contribution in [-0.4, -0.2) is 6.79 Å². The molecule has 0 saturated heterocycles. The number of aryl methyl sites for hydroxylation is 1. The molecule has 1 radical (unpaired) electrons. The zero-order valence-electron chi connectivity index (χ0n) is 14.0. The molecule has 0 amide bonds. The van der Waals surface area contributed by atoms with E-state index in [0.717, 1.165) is 17.1 Å². The summed E-state index contributed by atoms with van der Waals surface area (Å²) in [6.07, 6.45) is 2.30. The van der Waals surface area contributed by atoms with Gasteiger partial charge in [0.15, 0.2) is 11.5 Å². The number of benzene rings is 2. The highest BCUT2D eigenvalue weighted by Gasteiger charge is 2.25. The fraction of sp³-hybridized carbons (Fsp3) is 0.350. The number of hydrogen-bond donors (Lipinski definition) is 0. The van der Waals surface area contributed by atoms with Gasteiger partial charge in [-0.15, -0.1) is 0 Å². The van der Waals surface area contributed by atoms with Crippen molar-refractivity contribution in [3.63, 3.8) is 0 Å². The number of ether oxygens (including phenoxy) is 2. The molecule has 0 saturated carbocycles. The third kappa shape index (κ3) is 2.58. The molecule has 0 bridgehead atoms. The Balaban J connectivity index is 1.92. The number of hydrogen-bond acceptors (Lipinski definition) is 2. The summed E-state index contributed by atoms with van der Waals surface area (Å²) < 4.78 is 10.9. The SMILES string of the molecule is Cc1ccc(C(C)(C)[CH]c2ccc3c(c2)OCO3)c(C)c1C. The molecule has 2 aromatic rings. The highest BCUT2D eigenvalue weighted by Crippen LogP contribution is 2.37. The van der Waals surface area contributed by atoms with E-state index in [2.05, 4.69) is 65.3 Å². The second-order valence-corrected chi connectivity index (χ2v) is 6.66. The predicted molar refractivity (Wildman–Crippen MR) is 89.6 cm³/mol. The van der Waals surface area contributed by atoms with Crippen molar-refractivity contribution in [2.75, 3.05) is 6.79 Å².